The zero-order valence-electron chi connectivity index (χ0n) is 17.0. The molecule has 1 saturated carbocycles. The van der Waals surface area contributed by atoms with E-state index in [4.69, 9.17) is 9.15 Å². The number of likely N-dealkylation sites (tertiary alicyclic amines) is 1. The minimum Gasteiger partial charge on any atom is -0.497 e. The maximum Gasteiger partial charge on any atom is 0.234 e. The number of rotatable bonds is 6. The van der Waals surface area contributed by atoms with Gasteiger partial charge >= 0.3 is 0 Å². The van der Waals surface area contributed by atoms with Crippen LogP contribution < -0.4 is 10.1 Å². The summed E-state index contributed by atoms with van der Waals surface area (Å²) in [6.45, 7) is 1.40. The van der Waals surface area contributed by atoms with Crippen molar-refractivity contribution in [1.82, 2.24) is 10.2 Å². The molecule has 1 aromatic heterocycles. The van der Waals surface area contributed by atoms with Gasteiger partial charge in [0.1, 0.15) is 11.5 Å². The molecular formula is C23H30N2O4. The van der Waals surface area contributed by atoms with Gasteiger partial charge in [-0.25, -0.2) is 0 Å². The molecule has 1 aliphatic carbocycles. The normalized spacial score (nSPS) is 27.2. The highest BCUT2D eigenvalue weighted by molar-refractivity contribution is 5.78. The fraction of sp³-hybridized carbons (Fsp3) is 0.522. The van der Waals surface area contributed by atoms with E-state index in [-0.39, 0.29) is 17.9 Å². The van der Waals surface area contributed by atoms with Crippen molar-refractivity contribution in [1.29, 1.82) is 0 Å². The number of ether oxygens (including phenoxy) is 1. The van der Waals surface area contributed by atoms with E-state index < -0.39 is 5.60 Å². The molecular weight excluding hydrogens is 368 g/mol. The number of aliphatic hydroxyl groups is 1. The molecule has 4 rings (SSSR count). The molecule has 6 heteroatoms. The van der Waals surface area contributed by atoms with Crippen LogP contribution in [0.2, 0.25) is 0 Å². The molecule has 29 heavy (non-hydrogen) atoms. The summed E-state index contributed by atoms with van der Waals surface area (Å²) in [6.07, 6.45) is 6.36. The molecule has 2 heterocycles. The van der Waals surface area contributed by atoms with Gasteiger partial charge in [0.05, 0.1) is 32.1 Å². The molecule has 3 unspecified atom stereocenters. The summed E-state index contributed by atoms with van der Waals surface area (Å²) in [4.78, 5) is 14.9. The molecule has 1 aliphatic heterocycles. The average Bonchev–Trinajstić information content (AvgIpc) is 3.26. The molecule has 1 saturated heterocycles. The minimum atomic E-state index is -0.635. The lowest BCUT2D eigenvalue weighted by Gasteiger charge is -2.52. The van der Waals surface area contributed by atoms with Gasteiger partial charge in [0.25, 0.3) is 0 Å². The van der Waals surface area contributed by atoms with E-state index in [0.29, 0.717) is 19.6 Å². The van der Waals surface area contributed by atoms with Crippen LogP contribution in [0.25, 0.3) is 0 Å². The van der Waals surface area contributed by atoms with E-state index in [1.54, 1.807) is 13.4 Å². The topological polar surface area (TPSA) is 74.9 Å². The number of nitrogens with one attached hydrogen (secondary N) is 1. The van der Waals surface area contributed by atoms with Gasteiger partial charge in [-0.3, -0.25) is 9.69 Å². The first-order valence-corrected chi connectivity index (χ1v) is 10.5. The van der Waals surface area contributed by atoms with Gasteiger partial charge in [0, 0.05) is 18.5 Å². The number of fused-ring (bicyclic) bond motifs is 1. The zero-order chi connectivity index (χ0) is 20.3. The van der Waals surface area contributed by atoms with Crippen LogP contribution in [0.15, 0.2) is 47.1 Å². The second-order valence-corrected chi connectivity index (χ2v) is 8.25. The number of carbonyl (C=O) groups excluding carboxylic acids is 1. The molecule has 3 atom stereocenters. The summed E-state index contributed by atoms with van der Waals surface area (Å²) in [5, 5.41) is 14.3. The minimum absolute atomic E-state index is 0.0225. The first kappa shape index (κ1) is 20.0. The largest absolute Gasteiger partial charge is 0.497 e. The Balaban J connectivity index is 1.52. The van der Waals surface area contributed by atoms with Crippen molar-refractivity contribution < 1.29 is 19.1 Å². The second-order valence-electron chi connectivity index (χ2n) is 8.25. The molecule has 2 N–H and O–H groups in total. The van der Waals surface area contributed by atoms with Crippen molar-refractivity contribution in [3.63, 3.8) is 0 Å². The average molecular weight is 399 g/mol. The number of nitrogens with zero attached hydrogens (tertiary/aromatic N) is 1. The monoisotopic (exact) mass is 398 g/mol. The Bertz CT molecular complexity index is 805. The van der Waals surface area contributed by atoms with E-state index in [1.165, 1.54) is 0 Å². The number of methoxy groups -OCH3 is 1. The summed E-state index contributed by atoms with van der Waals surface area (Å²) in [6, 6.07) is 11.7. The maximum atomic E-state index is 12.6. The zero-order valence-corrected chi connectivity index (χ0v) is 17.0. The van der Waals surface area contributed by atoms with E-state index in [9.17, 15) is 9.90 Å². The SMILES string of the molecule is COc1ccc(C2C3CCCCC3(O)CCN2CC(=O)NCc2ccco2)cc1. The van der Waals surface area contributed by atoms with Crippen molar-refractivity contribution in [2.24, 2.45) is 5.92 Å². The number of piperidine rings is 1. The Morgan fingerprint density at radius 2 is 2.10 bits per heavy atom. The number of benzene rings is 1. The predicted molar refractivity (Wildman–Crippen MR) is 109 cm³/mol. The van der Waals surface area contributed by atoms with Gasteiger partial charge in [0.2, 0.25) is 5.91 Å². The lowest BCUT2D eigenvalue weighted by atomic mass is 9.66. The molecule has 0 bridgehead atoms. The van der Waals surface area contributed by atoms with Gasteiger partial charge in [-0.05, 0) is 49.1 Å². The van der Waals surface area contributed by atoms with Crippen LogP contribution >= 0.6 is 0 Å². The first-order chi connectivity index (χ1) is 14.1. The van der Waals surface area contributed by atoms with Crippen LogP contribution in [0.4, 0.5) is 0 Å². The predicted octanol–water partition coefficient (Wildman–Crippen LogP) is 3.27. The third kappa shape index (κ3) is 4.33. The Morgan fingerprint density at radius 3 is 2.83 bits per heavy atom. The van der Waals surface area contributed by atoms with Gasteiger partial charge in [-0.1, -0.05) is 25.0 Å². The Labute approximate surface area is 171 Å². The van der Waals surface area contributed by atoms with Gasteiger partial charge in [-0.2, -0.15) is 0 Å². The van der Waals surface area contributed by atoms with E-state index in [0.717, 1.165) is 49.2 Å². The Hall–Kier alpha value is -2.31. The number of hydrogen-bond donors (Lipinski definition) is 2. The van der Waals surface area contributed by atoms with Crippen LogP contribution in [-0.4, -0.2) is 41.7 Å². The van der Waals surface area contributed by atoms with Crippen molar-refractivity contribution in [3.8, 4) is 5.75 Å². The van der Waals surface area contributed by atoms with Crippen LogP contribution in [-0.2, 0) is 11.3 Å². The summed E-state index contributed by atoms with van der Waals surface area (Å²) in [5.41, 5.74) is 0.499. The maximum absolute atomic E-state index is 12.6. The number of amides is 1. The van der Waals surface area contributed by atoms with E-state index in [1.807, 2.05) is 24.3 Å². The quantitative estimate of drug-likeness (QED) is 0.781. The van der Waals surface area contributed by atoms with E-state index >= 15 is 0 Å². The summed E-state index contributed by atoms with van der Waals surface area (Å²) < 4.78 is 10.6. The van der Waals surface area contributed by atoms with Crippen molar-refractivity contribution in [2.45, 2.75) is 50.3 Å². The summed E-state index contributed by atoms with van der Waals surface area (Å²) >= 11 is 0. The molecule has 6 nitrogen and oxygen atoms in total. The highest BCUT2D eigenvalue weighted by Crippen LogP contribution is 2.49. The fourth-order valence-electron chi connectivity index (χ4n) is 5.00. The Kier molecular flexibility index (Phi) is 5.92. The number of carbonyl (C=O) groups is 1. The van der Waals surface area contributed by atoms with Gasteiger partial charge in [0.15, 0.2) is 0 Å². The second kappa shape index (κ2) is 8.59. The van der Waals surface area contributed by atoms with Crippen molar-refractivity contribution in [3.05, 3.63) is 54.0 Å². The number of furan rings is 1. The third-order valence-corrected chi connectivity index (χ3v) is 6.52. The molecule has 2 fully saturated rings. The summed E-state index contributed by atoms with van der Waals surface area (Å²) in [7, 11) is 1.66. The summed E-state index contributed by atoms with van der Waals surface area (Å²) in [5.74, 6) is 1.66. The molecule has 156 valence electrons. The third-order valence-electron chi connectivity index (χ3n) is 6.52. The van der Waals surface area contributed by atoms with Crippen LogP contribution in [0, 0.1) is 5.92 Å². The standard InChI is InChI=1S/C23H30N2O4/c1-28-18-9-7-17(8-10-18)22-20-6-2-3-11-23(20,27)12-13-25(22)16-21(26)24-15-19-5-4-14-29-19/h4-5,7-10,14,20,22,27H,2-3,6,11-13,15-16H2,1H3,(H,24,26). The molecule has 0 spiro atoms. The first-order valence-electron chi connectivity index (χ1n) is 10.5. The van der Waals surface area contributed by atoms with Crippen LogP contribution in [0.5, 0.6) is 5.75 Å². The molecule has 0 radical (unpaired) electrons. The highest BCUT2D eigenvalue weighted by Gasteiger charge is 2.49. The van der Waals surface area contributed by atoms with Gasteiger partial charge in [-0.15, -0.1) is 0 Å². The highest BCUT2D eigenvalue weighted by atomic mass is 16.5. The lowest BCUT2D eigenvalue weighted by Crippen LogP contribution is -2.56. The van der Waals surface area contributed by atoms with Crippen LogP contribution in [0.3, 0.4) is 0 Å². The van der Waals surface area contributed by atoms with Crippen molar-refractivity contribution >= 4 is 5.91 Å². The molecule has 2 aliphatic rings. The Morgan fingerprint density at radius 1 is 1.28 bits per heavy atom. The smallest absolute Gasteiger partial charge is 0.234 e. The molecule has 2 aromatic rings. The molecule has 1 aromatic carbocycles. The number of hydrogen-bond acceptors (Lipinski definition) is 5. The van der Waals surface area contributed by atoms with Crippen molar-refractivity contribution in [2.75, 3.05) is 20.2 Å². The molecule has 1 amide bonds. The van der Waals surface area contributed by atoms with E-state index in [2.05, 4.69) is 22.3 Å². The fourth-order valence-corrected chi connectivity index (χ4v) is 5.00. The van der Waals surface area contributed by atoms with Gasteiger partial charge < -0.3 is 19.6 Å². The van der Waals surface area contributed by atoms with Crippen LogP contribution in [0.1, 0.15) is 49.5 Å². The lowest BCUT2D eigenvalue weighted by molar-refractivity contribution is -0.138.